The maximum Gasteiger partial charge on any atom is 0.119 e. The Morgan fingerprint density at radius 2 is 1.78 bits per heavy atom. The molecule has 1 aromatic carbocycles. The Morgan fingerprint density at radius 3 is 2.39 bits per heavy atom. The lowest BCUT2D eigenvalue weighted by molar-refractivity contribution is 0.252. The van der Waals surface area contributed by atoms with Gasteiger partial charge in [-0.1, -0.05) is 31.4 Å². The highest BCUT2D eigenvalue weighted by molar-refractivity contribution is 5.27. The second-order valence-corrected chi connectivity index (χ2v) is 5.55. The summed E-state index contributed by atoms with van der Waals surface area (Å²) in [6.45, 7) is 6.07. The molecule has 1 saturated carbocycles. The number of hydrogen-bond donors (Lipinski definition) is 1. The van der Waals surface area contributed by atoms with Crippen molar-refractivity contribution < 1.29 is 4.74 Å². The van der Waals surface area contributed by atoms with E-state index in [-0.39, 0.29) is 0 Å². The van der Waals surface area contributed by atoms with Crippen molar-refractivity contribution in [2.45, 2.75) is 58.0 Å². The first kappa shape index (κ1) is 13.4. The van der Waals surface area contributed by atoms with E-state index in [0.717, 1.165) is 18.9 Å². The summed E-state index contributed by atoms with van der Waals surface area (Å²) in [6, 6.07) is 8.43. The molecule has 1 aromatic rings. The number of rotatable bonds is 5. The van der Waals surface area contributed by atoms with Gasteiger partial charge in [0, 0.05) is 12.1 Å². The first-order chi connectivity index (χ1) is 8.72. The molecule has 0 radical (unpaired) electrons. The topological polar surface area (TPSA) is 21.3 Å². The van der Waals surface area contributed by atoms with E-state index in [9.17, 15) is 0 Å². The molecule has 0 unspecified atom stereocenters. The van der Waals surface area contributed by atoms with E-state index in [1.807, 2.05) is 6.92 Å². The molecule has 0 bridgehead atoms. The maximum absolute atomic E-state index is 5.45. The van der Waals surface area contributed by atoms with Crippen LogP contribution in [0.4, 0.5) is 0 Å². The molecule has 0 aromatic heterocycles. The summed E-state index contributed by atoms with van der Waals surface area (Å²) in [5, 5.41) is 3.72. The number of ether oxygens (including phenoxy) is 1. The molecule has 1 N–H and O–H groups in total. The monoisotopic (exact) mass is 247 g/mol. The summed E-state index contributed by atoms with van der Waals surface area (Å²) >= 11 is 0. The Morgan fingerprint density at radius 1 is 1.11 bits per heavy atom. The van der Waals surface area contributed by atoms with Gasteiger partial charge in [0.2, 0.25) is 0 Å². The zero-order chi connectivity index (χ0) is 12.8. The highest BCUT2D eigenvalue weighted by Gasteiger charge is 2.25. The van der Waals surface area contributed by atoms with E-state index in [4.69, 9.17) is 4.74 Å². The van der Waals surface area contributed by atoms with Gasteiger partial charge in [-0.3, -0.25) is 0 Å². The maximum atomic E-state index is 5.45. The van der Waals surface area contributed by atoms with Gasteiger partial charge in [-0.05, 0) is 44.4 Å². The van der Waals surface area contributed by atoms with Crippen LogP contribution in [0.25, 0.3) is 0 Å². The van der Waals surface area contributed by atoms with Crippen molar-refractivity contribution in [1.29, 1.82) is 0 Å². The number of hydrogen-bond acceptors (Lipinski definition) is 2. The first-order valence-electron chi connectivity index (χ1n) is 7.19. The van der Waals surface area contributed by atoms with E-state index in [1.54, 1.807) is 0 Å². The predicted octanol–water partition coefficient (Wildman–Crippen LogP) is 3.90. The van der Waals surface area contributed by atoms with E-state index >= 15 is 0 Å². The summed E-state index contributed by atoms with van der Waals surface area (Å²) in [7, 11) is 0. The Hall–Kier alpha value is -1.02. The fourth-order valence-electron chi connectivity index (χ4n) is 2.69. The van der Waals surface area contributed by atoms with Gasteiger partial charge in [0.25, 0.3) is 0 Å². The van der Waals surface area contributed by atoms with Crippen LogP contribution in [0.15, 0.2) is 24.3 Å². The van der Waals surface area contributed by atoms with Crippen LogP contribution < -0.4 is 10.1 Å². The molecule has 0 amide bonds. The van der Waals surface area contributed by atoms with Crippen molar-refractivity contribution in [2.75, 3.05) is 6.61 Å². The largest absolute Gasteiger partial charge is 0.494 e. The van der Waals surface area contributed by atoms with E-state index in [1.165, 1.54) is 37.7 Å². The van der Waals surface area contributed by atoms with E-state index in [0.29, 0.717) is 5.54 Å². The molecule has 0 heterocycles. The second-order valence-electron chi connectivity index (χ2n) is 5.55. The van der Waals surface area contributed by atoms with Crippen LogP contribution in [0, 0.1) is 0 Å². The summed E-state index contributed by atoms with van der Waals surface area (Å²) in [6.07, 6.45) is 6.76. The minimum Gasteiger partial charge on any atom is -0.494 e. The Kier molecular flexibility index (Phi) is 4.65. The molecule has 0 spiro atoms. The summed E-state index contributed by atoms with van der Waals surface area (Å²) in [5.41, 5.74) is 1.68. The molecule has 1 fully saturated rings. The predicted molar refractivity (Wildman–Crippen MR) is 75.9 cm³/mol. The third kappa shape index (κ3) is 3.74. The fourth-order valence-corrected chi connectivity index (χ4v) is 2.69. The Labute approximate surface area is 111 Å². The molecule has 2 rings (SSSR count). The van der Waals surface area contributed by atoms with Crippen molar-refractivity contribution in [3.8, 4) is 5.75 Å². The molecular formula is C16H25NO. The van der Waals surface area contributed by atoms with Crippen LogP contribution in [0.1, 0.15) is 51.5 Å². The lowest BCUT2D eigenvalue weighted by Gasteiger charge is -2.34. The third-order valence-corrected chi connectivity index (χ3v) is 3.91. The summed E-state index contributed by atoms with van der Waals surface area (Å²) in [5.74, 6) is 0.963. The van der Waals surface area contributed by atoms with Crippen LogP contribution in [0.3, 0.4) is 0 Å². The molecule has 1 aliphatic rings. The second kappa shape index (κ2) is 6.24. The molecule has 100 valence electrons. The SMILES string of the molecule is CCOc1ccc(CNC2(C)CCCCC2)cc1. The highest BCUT2D eigenvalue weighted by Crippen LogP contribution is 2.27. The van der Waals surface area contributed by atoms with Crippen molar-refractivity contribution >= 4 is 0 Å². The average molecular weight is 247 g/mol. The van der Waals surface area contributed by atoms with Crippen LogP contribution in [0.2, 0.25) is 0 Å². The van der Waals surface area contributed by atoms with Crippen molar-refractivity contribution in [3.63, 3.8) is 0 Å². The molecular weight excluding hydrogens is 222 g/mol. The highest BCUT2D eigenvalue weighted by atomic mass is 16.5. The van der Waals surface area contributed by atoms with E-state index < -0.39 is 0 Å². The molecule has 1 aliphatic carbocycles. The summed E-state index contributed by atoms with van der Waals surface area (Å²) in [4.78, 5) is 0. The van der Waals surface area contributed by atoms with Gasteiger partial charge < -0.3 is 10.1 Å². The van der Waals surface area contributed by atoms with Gasteiger partial charge in [0.1, 0.15) is 5.75 Å². The smallest absolute Gasteiger partial charge is 0.119 e. The average Bonchev–Trinajstić information content (AvgIpc) is 2.39. The quantitative estimate of drug-likeness (QED) is 0.852. The van der Waals surface area contributed by atoms with Gasteiger partial charge in [0.05, 0.1) is 6.61 Å². The van der Waals surface area contributed by atoms with Gasteiger partial charge in [-0.25, -0.2) is 0 Å². The zero-order valence-corrected chi connectivity index (χ0v) is 11.7. The van der Waals surface area contributed by atoms with E-state index in [2.05, 4.69) is 36.5 Å². The minimum atomic E-state index is 0.344. The molecule has 0 saturated heterocycles. The van der Waals surface area contributed by atoms with Crippen LogP contribution in [-0.2, 0) is 6.54 Å². The van der Waals surface area contributed by atoms with Crippen molar-refractivity contribution in [2.24, 2.45) is 0 Å². The normalized spacial score (nSPS) is 18.6. The van der Waals surface area contributed by atoms with Crippen LogP contribution >= 0.6 is 0 Å². The minimum absolute atomic E-state index is 0.344. The molecule has 0 aliphatic heterocycles. The summed E-state index contributed by atoms with van der Waals surface area (Å²) < 4.78 is 5.45. The van der Waals surface area contributed by atoms with Crippen molar-refractivity contribution in [1.82, 2.24) is 5.32 Å². The first-order valence-corrected chi connectivity index (χ1v) is 7.19. The lowest BCUT2D eigenvalue weighted by Crippen LogP contribution is -2.43. The van der Waals surface area contributed by atoms with Crippen LogP contribution in [-0.4, -0.2) is 12.1 Å². The number of benzene rings is 1. The van der Waals surface area contributed by atoms with Gasteiger partial charge in [-0.2, -0.15) is 0 Å². The van der Waals surface area contributed by atoms with Gasteiger partial charge >= 0.3 is 0 Å². The Balaban J connectivity index is 1.85. The molecule has 0 atom stereocenters. The van der Waals surface area contributed by atoms with Crippen LogP contribution in [0.5, 0.6) is 5.75 Å². The third-order valence-electron chi connectivity index (χ3n) is 3.91. The molecule has 2 heteroatoms. The van der Waals surface area contributed by atoms with Crippen molar-refractivity contribution in [3.05, 3.63) is 29.8 Å². The standard InChI is InChI=1S/C16H25NO/c1-3-18-15-9-7-14(8-10-15)13-17-16(2)11-5-4-6-12-16/h7-10,17H,3-6,11-13H2,1-2H3. The zero-order valence-electron chi connectivity index (χ0n) is 11.7. The molecule has 2 nitrogen and oxygen atoms in total. The Bertz CT molecular complexity index is 352. The van der Waals surface area contributed by atoms with Gasteiger partial charge in [-0.15, -0.1) is 0 Å². The molecule has 18 heavy (non-hydrogen) atoms. The lowest BCUT2D eigenvalue weighted by atomic mass is 9.83. The number of nitrogens with one attached hydrogen (secondary N) is 1. The fraction of sp³-hybridized carbons (Fsp3) is 0.625. The van der Waals surface area contributed by atoms with Gasteiger partial charge in [0.15, 0.2) is 0 Å².